The maximum absolute atomic E-state index is 13.2. The third kappa shape index (κ3) is 5.13. The number of carbonyl (C=O) groups excluding carboxylic acids is 1. The lowest BCUT2D eigenvalue weighted by molar-refractivity contribution is -0.139. The SMILES string of the molecule is Cc1ccc(S(=O)(=O)N2CCCC(C(=O)N3CCN(C4CCCN(C)C4)CC3)C2)cc1. The number of hydrogen-bond acceptors (Lipinski definition) is 5. The molecule has 3 aliphatic rings. The zero-order valence-corrected chi connectivity index (χ0v) is 19.7. The number of likely N-dealkylation sites (N-methyl/N-ethyl adjacent to an activating group) is 1. The summed E-state index contributed by atoms with van der Waals surface area (Å²) in [4.78, 5) is 20.4. The molecule has 0 N–H and O–H groups in total. The summed E-state index contributed by atoms with van der Waals surface area (Å²) in [6.45, 7) is 8.36. The molecule has 2 unspecified atom stereocenters. The van der Waals surface area contributed by atoms with Crippen LogP contribution in [0.15, 0.2) is 29.2 Å². The molecule has 172 valence electrons. The Kier molecular flexibility index (Phi) is 7.01. The highest BCUT2D eigenvalue weighted by molar-refractivity contribution is 7.89. The summed E-state index contributed by atoms with van der Waals surface area (Å²) in [5, 5.41) is 0. The van der Waals surface area contributed by atoms with Crippen molar-refractivity contribution in [2.75, 3.05) is 59.4 Å². The van der Waals surface area contributed by atoms with Crippen LogP contribution >= 0.6 is 0 Å². The second-order valence-electron chi connectivity index (χ2n) is 9.43. The lowest BCUT2D eigenvalue weighted by Gasteiger charge is -2.43. The molecular weight excluding hydrogens is 412 g/mol. The number of amides is 1. The fraction of sp³-hybridized carbons (Fsp3) is 0.696. The van der Waals surface area contributed by atoms with E-state index in [0.29, 0.717) is 24.0 Å². The van der Waals surface area contributed by atoms with Gasteiger partial charge < -0.3 is 9.80 Å². The third-order valence-electron chi connectivity index (χ3n) is 7.13. The normalized spacial score (nSPS) is 27.4. The molecule has 3 heterocycles. The average molecular weight is 449 g/mol. The second-order valence-corrected chi connectivity index (χ2v) is 11.4. The van der Waals surface area contributed by atoms with E-state index >= 15 is 0 Å². The van der Waals surface area contributed by atoms with Crippen molar-refractivity contribution in [3.63, 3.8) is 0 Å². The summed E-state index contributed by atoms with van der Waals surface area (Å²) < 4.78 is 27.7. The zero-order chi connectivity index (χ0) is 22.0. The number of nitrogens with zero attached hydrogens (tertiary/aromatic N) is 4. The van der Waals surface area contributed by atoms with Gasteiger partial charge in [-0.1, -0.05) is 17.7 Å². The van der Waals surface area contributed by atoms with Crippen LogP contribution in [0, 0.1) is 12.8 Å². The first kappa shape index (κ1) is 22.7. The van der Waals surface area contributed by atoms with Crippen molar-refractivity contribution in [3.8, 4) is 0 Å². The number of likely N-dealkylation sites (tertiary alicyclic amines) is 1. The standard InChI is InChI=1S/C23H36N4O3S/c1-19-7-9-22(10-8-19)31(29,30)27-12-3-5-20(17-27)23(28)26-15-13-25(14-16-26)21-6-4-11-24(2)18-21/h7-10,20-21H,3-6,11-18H2,1-2H3. The molecule has 3 saturated heterocycles. The van der Waals surface area contributed by atoms with Gasteiger partial charge in [-0.2, -0.15) is 4.31 Å². The second kappa shape index (κ2) is 9.57. The smallest absolute Gasteiger partial charge is 0.243 e. The molecule has 1 aromatic rings. The van der Waals surface area contributed by atoms with Crippen LogP contribution in [0.3, 0.4) is 0 Å². The van der Waals surface area contributed by atoms with E-state index in [9.17, 15) is 13.2 Å². The average Bonchev–Trinajstić information content (AvgIpc) is 2.79. The summed E-state index contributed by atoms with van der Waals surface area (Å²) in [5.41, 5.74) is 1.03. The number of aryl methyl sites for hydroxylation is 1. The van der Waals surface area contributed by atoms with E-state index < -0.39 is 10.0 Å². The number of piperidine rings is 2. The monoisotopic (exact) mass is 448 g/mol. The van der Waals surface area contributed by atoms with E-state index in [1.165, 1.54) is 23.7 Å². The lowest BCUT2D eigenvalue weighted by Crippen LogP contribution is -2.57. The van der Waals surface area contributed by atoms with Gasteiger partial charge in [0.25, 0.3) is 0 Å². The van der Waals surface area contributed by atoms with Gasteiger partial charge >= 0.3 is 0 Å². The van der Waals surface area contributed by atoms with Gasteiger partial charge in [0.05, 0.1) is 10.8 Å². The minimum absolute atomic E-state index is 0.129. The van der Waals surface area contributed by atoms with Gasteiger partial charge in [-0.3, -0.25) is 9.69 Å². The number of piperazine rings is 1. The van der Waals surface area contributed by atoms with E-state index in [4.69, 9.17) is 0 Å². The Bertz CT molecular complexity index is 865. The number of sulfonamides is 1. The molecule has 2 atom stereocenters. The molecule has 0 aromatic heterocycles. The molecule has 31 heavy (non-hydrogen) atoms. The minimum atomic E-state index is -3.55. The van der Waals surface area contributed by atoms with Crippen LogP contribution in [0.5, 0.6) is 0 Å². The molecule has 3 fully saturated rings. The van der Waals surface area contributed by atoms with Crippen molar-refractivity contribution in [3.05, 3.63) is 29.8 Å². The van der Waals surface area contributed by atoms with E-state index in [1.54, 1.807) is 12.1 Å². The Morgan fingerprint density at radius 1 is 0.903 bits per heavy atom. The van der Waals surface area contributed by atoms with Crippen LogP contribution < -0.4 is 0 Å². The van der Waals surface area contributed by atoms with Gasteiger partial charge in [-0.25, -0.2) is 8.42 Å². The van der Waals surface area contributed by atoms with Gasteiger partial charge in [0.2, 0.25) is 15.9 Å². The van der Waals surface area contributed by atoms with Crippen LogP contribution in [0.2, 0.25) is 0 Å². The third-order valence-corrected chi connectivity index (χ3v) is 9.01. The predicted octanol–water partition coefficient (Wildman–Crippen LogP) is 1.63. The van der Waals surface area contributed by atoms with Crippen molar-refractivity contribution in [1.82, 2.24) is 19.0 Å². The minimum Gasteiger partial charge on any atom is -0.340 e. The molecule has 0 saturated carbocycles. The molecule has 0 bridgehead atoms. The van der Waals surface area contributed by atoms with Gasteiger partial charge in [0, 0.05) is 51.9 Å². The van der Waals surface area contributed by atoms with Crippen LogP contribution in [-0.4, -0.2) is 98.8 Å². The maximum Gasteiger partial charge on any atom is 0.243 e. The van der Waals surface area contributed by atoms with Crippen LogP contribution in [0.1, 0.15) is 31.2 Å². The first-order valence-electron chi connectivity index (χ1n) is 11.6. The highest BCUT2D eigenvalue weighted by atomic mass is 32.2. The Morgan fingerprint density at radius 2 is 1.58 bits per heavy atom. The Labute approximate surface area is 187 Å². The van der Waals surface area contributed by atoms with E-state index in [2.05, 4.69) is 16.8 Å². The van der Waals surface area contributed by atoms with Gasteiger partial charge in [-0.05, 0) is 58.3 Å². The van der Waals surface area contributed by atoms with Crippen molar-refractivity contribution in [2.45, 2.75) is 43.5 Å². The van der Waals surface area contributed by atoms with Crippen molar-refractivity contribution in [1.29, 1.82) is 0 Å². The Balaban J connectivity index is 1.34. The molecule has 1 aromatic carbocycles. The summed E-state index contributed by atoms with van der Waals surface area (Å²) in [7, 11) is -1.37. The van der Waals surface area contributed by atoms with Crippen molar-refractivity contribution < 1.29 is 13.2 Å². The highest BCUT2D eigenvalue weighted by Gasteiger charge is 2.36. The number of hydrogen-bond donors (Lipinski definition) is 0. The summed E-state index contributed by atoms with van der Waals surface area (Å²) in [6.07, 6.45) is 3.99. The molecular formula is C23H36N4O3S. The Hall–Kier alpha value is -1.48. The fourth-order valence-corrected chi connectivity index (χ4v) is 6.75. The molecule has 0 radical (unpaired) electrons. The van der Waals surface area contributed by atoms with Crippen LogP contribution in [0.4, 0.5) is 0 Å². The van der Waals surface area contributed by atoms with Crippen molar-refractivity contribution in [2.24, 2.45) is 5.92 Å². The number of carbonyl (C=O) groups is 1. The predicted molar refractivity (Wildman–Crippen MR) is 121 cm³/mol. The quantitative estimate of drug-likeness (QED) is 0.701. The molecule has 8 heteroatoms. The molecule has 7 nitrogen and oxygen atoms in total. The summed E-state index contributed by atoms with van der Waals surface area (Å²) in [6, 6.07) is 7.57. The van der Waals surface area contributed by atoms with Gasteiger partial charge in [0.1, 0.15) is 0 Å². The van der Waals surface area contributed by atoms with Gasteiger partial charge in [0.15, 0.2) is 0 Å². The maximum atomic E-state index is 13.2. The largest absolute Gasteiger partial charge is 0.340 e. The van der Waals surface area contributed by atoms with E-state index in [0.717, 1.165) is 51.1 Å². The highest BCUT2D eigenvalue weighted by Crippen LogP contribution is 2.26. The van der Waals surface area contributed by atoms with Crippen molar-refractivity contribution >= 4 is 15.9 Å². The fourth-order valence-electron chi connectivity index (χ4n) is 5.22. The summed E-state index contributed by atoms with van der Waals surface area (Å²) in [5.74, 6) is -0.106. The van der Waals surface area contributed by atoms with E-state index in [-0.39, 0.29) is 11.8 Å². The topological polar surface area (TPSA) is 64.2 Å². The molecule has 3 aliphatic heterocycles. The molecule has 0 aliphatic carbocycles. The molecule has 0 spiro atoms. The first-order valence-corrected chi connectivity index (χ1v) is 13.1. The number of rotatable bonds is 4. The van der Waals surface area contributed by atoms with Crippen LogP contribution in [-0.2, 0) is 14.8 Å². The molecule has 1 amide bonds. The molecule has 4 rings (SSSR count). The van der Waals surface area contributed by atoms with Crippen LogP contribution in [0.25, 0.3) is 0 Å². The first-order chi connectivity index (χ1) is 14.8. The lowest BCUT2D eigenvalue weighted by atomic mass is 9.97. The van der Waals surface area contributed by atoms with E-state index in [1.807, 2.05) is 24.0 Å². The Morgan fingerprint density at radius 3 is 2.26 bits per heavy atom. The number of benzene rings is 1. The summed E-state index contributed by atoms with van der Waals surface area (Å²) >= 11 is 0. The van der Waals surface area contributed by atoms with Gasteiger partial charge in [-0.15, -0.1) is 0 Å². The zero-order valence-electron chi connectivity index (χ0n) is 18.9.